The molecule has 264 valence electrons. The molecule has 0 amide bonds. The molecule has 0 aliphatic rings. The van der Waals surface area contributed by atoms with Crippen molar-refractivity contribution in [3.63, 3.8) is 0 Å². The Morgan fingerprint density at radius 2 is 1.80 bits per heavy atom. The lowest BCUT2D eigenvalue weighted by Gasteiger charge is -2.20. The fraction of sp³-hybridized carbons (Fsp3) is 0.316. The van der Waals surface area contributed by atoms with Gasteiger partial charge in [0.2, 0.25) is 5.69 Å². The van der Waals surface area contributed by atoms with Gasteiger partial charge in [0.25, 0.3) is 0 Å². The van der Waals surface area contributed by atoms with Gasteiger partial charge >= 0.3 is 5.97 Å². The number of pyridine rings is 1. The SMILES string of the molecule is CC(C)(C)OC(=O)c1ccc2c(c1)nc(C(Cc1ccccc1)c1ccc(-c3cc(Cl)ccc3-n3cnnn3)c[n+]1[O-])n2COCC[Si](C)(C)C. The molecule has 3 heterocycles. The number of ether oxygens (including phenoxy) is 2. The first kappa shape index (κ1) is 35.9. The van der Waals surface area contributed by atoms with E-state index in [4.69, 9.17) is 26.1 Å². The van der Waals surface area contributed by atoms with E-state index in [1.54, 1.807) is 30.5 Å². The highest BCUT2D eigenvalue weighted by Crippen LogP contribution is 2.33. The molecule has 6 aromatic rings. The fourth-order valence-corrected chi connectivity index (χ4v) is 6.79. The summed E-state index contributed by atoms with van der Waals surface area (Å²) in [6, 6.07) is 25.5. The van der Waals surface area contributed by atoms with Crippen LogP contribution in [0.3, 0.4) is 0 Å². The van der Waals surface area contributed by atoms with Crippen molar-refractivity contribution in [1.29, 1.82) is 0 Å². The van der Waals surface area contributed by atoms with Crippen molar-refractivity contribution in [2.24, 2.45) is 0 Å². The van der Waals surface area contributed by atoms with Gasteiger partial charge in [-0.1, -0.05) is 61.6 Å². The zero-order chi connectivity index (χ0) is 36.3. The summed E-state index contributed by atoms with van der Waals surface area (Å²) < 4.78 is 16.4. The molecule has 3 aromatic carbocycles. The first-order valence-corrected chi connectivity index (χ1v) is 21.0. The minimum absolute atomic E-state index is 0.238. The summed E-state index contributed by atoms with van der Waals surface area (Å²) in [5.74, 6) is -0.254. The largest absolute Gasteiger partial charge is 0.618 e. The molecule has 11 nitrogen and oxygen atoms in total. The Labute approximate surface area is 303 Å². The molecule has 1 atom stereocenters. The lowest BCUT2D eigenvalue weighted by atomic mass is 9.93. The summed E-state index contributed by atoms with van der Waals surface area (Å²) in [7, 11) is -1.34. The van der Waals surface area contributed by atoms with Gasteiger partial charge in [0.1, 0.15) is 30.4 Å². The van der Waals surface area contributed by atoms with E-state index in [1.807, 2.05) is 79.9 Å². The molecule has 0 aliphatic carbocycles. The van der Waals surface area contributed by atoms with E-state index in [0.29, 0.717) is 57.5 Å². The molecule has 0 bridgehead atoms. The lowest BCUT2D eigenvalue weighted by molar-refractivity contribution is -0.614. The van der Waals surface area contributed by atoms with Crippen molar-refractivity contribution in [1.82, 2.24) is 29.8 Å². The van der Waals surface area contributed by atoms with Crippen molar-refractivity contribution >= 4 is 36.7 Å². The summed E-state index contributed by atoms with van der Waals surface area (Å²) in [5, 5.41) is 26.3. The van der Waals surface area contributed by atoms with Crippen LogP contribution in [0.1, 0.15) is 54.1 Å². The van der Waals surface area contributed by atoms with Gasteiger partial charge in [-0.05, 0) is 91.7 Å². The van der Waals surface area contributed by atoms with E-state index in [-0.39, 0.29) is 6.73 Å². The first-order valence-electron chi connectivity index (χ1n) is 16.9. The highest BCUT2D eigenvalue weighted by atomic mass is 35.5. The van der Waals surface area contributed by atoms with Crippen molar-refractivity contribution in [3.8, 4) is 16.8 Å². The van der Waals surface area contributed by atoms with Crippen LogP contribution in [-0.4, -0.2) is 56.0 Å². The van der Waals surface area contributed by atoms with Crippen LogP contribution < -0.4 is 4.73 Å². The topological polar surface area (TPSA) is 124 Å². The molecule has 51 heavy (non-hydrogen) atoms. The molecule has 0 N–H and O–H groups in total. The van der Waals surface area contributed by atoms with E-state index in [9.17, 15) is 10.0 Å². The van der Waals surface area contributed by atoms with Gasteiger partial charge in [-0.2, -0.15) is 9.41 Å². The fourth-order valence-electron chi connectivity index (χ4n) is 5.86. The summed E-state index contributed by atoms with van der Waals surface area (Å²) >= 11 is 6.42. The smallest absolute Gasteiger partial charge is 0.338 e. The van der Waals surface area contributed by atoms with Crippen LogP contribution in [0.4, 0.5) is 0 Å². The van der Waals surface area contributed by atoms with Crippen LogP contribution >= 0.6 is 11.6 Å². The van der Waals surface area contributed by atoms with Crippen molar-refractivity contribution in [3.05, 3.63) is 124 Å². The molecule has 0 fully saturated rings. The average Bonchev–Trinajstić information content (AvgIpc) is 3.73. The molecular formula is C38H42ClN7O4Si. The number of fused-ring (bicyclic) bond motifs is 1. The molecule has 0 aliphatic heterocycles. The number of halogens is 1. The number of esters is 1. The molecule has 1 unspecified atom stereocenters. The third-order valence-electron chi connectivity index (χ3n) is 8.39. The number of nitrogens with zero attached hydrogens (tertiary/aromatic N) is 7. The van der Waals surface area contributed by atoms with E-state index in [0.717, 1.165) is 21.9 Å². The Morgan fingerprint density at radius 1 is 1.02 bits per heavy atom. The first-order chi connectivity index (χ1) is 24.3. The molecule has 0 saturated carbocycles. The average molecular weight is 724 g/mol. The van der Waals surface area contributed by atoms with Crippen molar-refractivity contribution in [2.45, 2.75) is 71.1 Å². The molecule has 3 aromatic heterocycles. The normalized spacial score (nSPS) is 12.7. The Balaban J connectivity index is 1.47. The van der Waals surface area contributed by atoms with Gasteiger partial charge in [-0.15, -0.1) is 5.10 Å². The number of hydrogen-bond acceptors (Lipinski definition) is 8. The third-order valence-corrected chi connectivity index (χ3v) is 10.3. The van der Waals surface area contributed by atoms with Gasteiger partial charge in [0.15, 0.2) is 6.20 Å². The number of tetrazole rings is 1. The Hall–Kier alpha value is -4.91. The summed E-state index contributed by atoms with van der Waals surface area (Å²) in [5.41, 5.74) is 4.71. The van der Waals surface area contributed by atoms with Crippen LogP contribution in [0.25, 0.3) is 27.8 Å². The quantitative estimate of drug-likeness (QED) is 0.0416. The van der Waals surface area contributed by atoms with Crippen LogP contribution in [0.2, 0.25) is 30.7 Å². The predicted octanol–water partition coefficient (Wildman–Crippen LogP) is 7.61. The number of carbonyl (C=O) groups excluding carboxylic acids is 1. The van der Waals surface area contributed by atoms with Crippen LogP contribution in [-0.2, 0) is 22.6 Å². The number of rotatable bonds is 12. The summed E-state index contributed by atoms with van der Waals surface area (Å²) in [6.07, 6.45) is 3.53. The standard InChI is InChI=1S/C38H42ClN7O4Si/c1-38(2,3)50-37(47)27-12-16-35-32(21-27)41-36(44(35)25-49-18-19-51(4,5)6)31(20-26-10-8-7-9-11-26)34-15-13-28(23-46(34)48)30-22-29(39)14-17-33(30)45-24-40-42-43-45/h7-17,21-24,31H,18-20,25H2,1-6H3. The maximum absolute atomic E-state index is 14.2. The lowest BCUT2D eigenvalue weighted by Crippen LogP contribution is -2.35. The monoisotopic (exact) mass is 723 g/mol. The second kappa shape index (κ2) is 14.7. The number of benzene rings is 3. The van der Waals surface area contributed by atoms with Gasteiger partial charge in [0.05, 0.1) is 22.3 Å². The second-order valence-corrected chi connectivity index (χ2v) is 20.8. The zero-order valence-corrected chi connectivity index (χ0v) is 31.5. The van der Waals surface area contributed by atoms with Crippen molar-refractivity contribution < 1.29 is 19.0 Å². The maximum atomic E-state index is 14.2. The predicted molar refractivity (Wildman–Crippen MR) is 200 cm³/mol. The Bertz CT molecular complexity index is 2140. The molecule has 0 radical (unpaired) electrons. The molecule has 0 saturated heterocycles. The van der Waals surface area contributed by atoms with E-state index in [1.165, 1.54) is 11.0 Å². The van der Waals surface area contributed by atoms with Crippen LogP contribution in [0.15, 0.2) is 91.4 Å². The number of aromatic nitrogens is 7. The number of hydrogen-bond donors (Lipinski definition) is 0. The van der Waals surface area contributed by atoms with Crippen molar-refractivity contribution in [2.75, 3.05) is 6.61 Å². The van der Waals surface area contributed by atoms with Gasteiger partial charge < -0.3 is 19.2 Å². The van der Waals surface area contributed by atoms with Crippen LogP contribution in [0, 0.1) is 5.21 Å². The highest BCUT2D eigenvalue weighted by molar-refractivity contribution is 6.76. The Kier molecular flexibility index (Phi) is 10.4. The summed E-state index contributed by atoms with van der Waals surface area (Å²) in [6.45, 7) is 13.3. The molecule has 0 spiro atoms. The van der Waals surface area contributed by atoms with E-state index in [2.05, 4.69) is 35.2 Å². The second-order valence-electron chi connectivity index (χ2n) is 14.8. The van der Waals surface area contributed by atoms with E-state index >= 15 is 0 Å². The molecule has 6 rings (SSSR count). The zero-order valence-electron chi connectivity index (χ0n) is 29.7. The minimum atomic E-state index is -1.34. The third kappa shape index (κ3) is 8.70. The number of imidazole rings is 1. The van der Waals surface area contributed by atoms with Crippen LogP contribution in [0.5, 0.6) is 0 Å². The summed E-state index contributed by atoms with van der Waals surface area (Å²) in [4.78, 5) is 18.2. The van der Waals surface area contributed by atoms with Gasteiger partial charge in [-0.25, -0.2) is 9.78 Å². The highest BCUT2D eigenvalue weighted by Gasteiger charge is 2.30. The maximum Gasteiger partial charge on any atom is 0.338 e. The van der Waals surface area contributed by atoms with E-state index < -0.39 is 25.6 Å². The van der Waals surface area contributed by atoms with Gasteiger partial charge in [-0.3, -0.25) is 0 Å². The molecule has 13 heteroatoms. The Morgan fingerprint density at radius 3 is 2.49 bits per heavy atom. The van der Waals surface area contributed by atoms with Gasteiger partial charge in [0, 0.05) is 36.9 Å². The minimum Gasteiger partial charge on any atom is -0.618 e. The number of carbonyl (C=O) groups is 1. The molecular weight excluding hydrogens is 682 g/mol.